The Hall–Kier alpha value is -2.83. The van der Waals surface area contributed by atoms with Crippen molar-refractivity contribution < 1.29 is 37.4 Å². The number of aromatic nitrogens is 2. The van der Waals surface area contributed by atoms with Crippen molar-refractivity contribution in [2.45, 2.75) is 64.7 Å². The van der Waals surface area contributed by atoms with Crippen LogP contribution >= 0.6 is 7.75 Å². The van der Waals surface area contributed by atoms with Gasteiger partial charge in [-0.15, -0.1) is 0 Å². The molecule has 37 heavy (non-hydrogen) atoms. The summed E-state index contributed by atoms with van der Waals surface area (Å²) in [6.45, 7) is 4.58. The molecular formula is C23H33FN3O9P. The highest BCUT2D eigenvalue weighted by Gasteiger charge is 2.35. The molecule has 0 spiro atoms. The number of carbonyl (C=O) groups excluding carboxylic acids is 1. The number of nitrogens with zero attached hydrogens (tertiary/aromatic N) is 1. The molecule has 0 amide bonds. The van der Waals surface area contributed by atoms with E-state index in [9.17, 15) is 28.4 Å². The normalized spacial score (nSPS) is 16.4. The van der Waals surface area contributed by atoms with Crippen molar-refractivity contribution >= 4 is 13.7 Å². The van der Waals surface area contributed by atoms with E-state index in [1.54, 1.807) is 39.0 Å². The summed E-state index contributed by atoms with van der Waals surface area (Å²) >= 11 is 0. The fraction of sp³-hybridized carbons (Fsp3) is 0.522. The van der Waals surface area contributed by atoms with Crippen LogP contribution in [0.1, 0.15) is 40.3 Å². The van der Waals surface area contributed by atoms with E-state index in [-0.39, 0.29) is 12.2 Å². The van der Waals surface area contributed by atoms with Crippen molar-refractivity contribution in [3.05, 3.63) is 63.4 Å². The summed E-state index contributed by atoms with van der Waals surface area (Å²) in [5, 5.41) is 13.0. The quantitative estimate of drug-likeness (QED) is 0.224. The maximum Gasteiger partial charge on any atom is 0.459 e. The molecule has 5 atom stereocenters. The number of hydrogen-bond donors (Lipinski definition) is 3. The zero-order valence-electron chi connectivity index (χ0n) is 21.0. The molecule has 12 nitrogen and oxygen atoms in total. The number of carbonyl (C=O) groups is 1. The number of hydrogen-bond acceptors (Lipinski definition) is 9. The number of esters is 1. The monoisotopic (exact) mass is 545 g/mol. The molecule has 3 N–H and O–H groups in total. The van der Waals surface area contributed by atoms with Crippen LogP contribution in [-0.2, 0) is 23.4 Å². The largest absolute Gasteiger partial charge is 0.462 e. The van der Waals surface area contributed by atoms with E-state index in [1.807, 2.05) is 4.98 Å². The van der Waals surface area contributed by atoms with Crippen LogP contribution in [0.5, 0.6) is 5.75 Å². The van der Waals surface area contributed by atoms with Crippen LogP contribution in [0, 0.1) is 0 Å². The highest BCUT2D eigenvalue weighted by molar-refractivity contribution is 7.52. The number of nitrogens with one attached hydrogen (secondary N) is 2. The average Bonchev–Trinajstić information content (AvgIpc) is 2.84. The van der Waals surface area contributed by atoms with Gasteiger partial charge >= 0.3 is 19.4 Å². The Morgan fingerprint density at radius 1 is 1.19 bits per heavy atom. The lowest BCUT2D eigenvalue weighted by atomic mass is 10.1. The molecule has 0 aliphatic carbocycles. The van der Waals surface area contributed by atoms with Gasteiger partial charge < -0.3 is 19.1 Å². The number of aromatic amines is 1. The van der Waals surface area contributed by atoms with Crippen LogP contribution in [0.15, 0.2) is 52.2 Å². The number of ether oxygens (including phenoxy) is 2. The standard InChI is InChI=1S/C23H33FN3O9P/c1-5-18(28)19(35-21(13-24)27-12-11-20(29)25-23(27)31)14-33-37(32,36-17-9-7-6-8-10-17)26-16(4)22(30)34-15(2)3/h6-12,15-16,18-19,21,28H,5,13-14H2,1-4H3,(H,26,32)(H,25,29,31)/t16-,18-,19+,21+,37?/m0/s1. The SMILES string of the molecule is CC[C@H](O)[C@@H](COP(=O)(N[C@@H](C)C(=O)OC(C)C)Oc1ccccc1)O[C@H](CF)n1ccc(=O)[nH]c1=O. The minimum atomic E-state index is -4.29. The summed E-state index contributed by atoms with van der Waals surface area (Å²) in [5.74, 6) is -0.537. The van der Waals surface area contributed by atoms with Gasteiger partial charge in [-0.3, -0.25) is 23.7 Å². The first-order valence-corrected chi connectivity index (χ1v) is 13.2. The number of para-hydroxylation sites is 1. The number of aliphatic hydroxyl groups excluding tert-OH is 1. The van der Waals surface area contributed by atoms with E-state index < -0.39 is 68.8 Å². The molecule has 0 saturated carbocycles. The lowest BCUT2D eigenvalue weighted by Gasteiger charge is -2.29. The van der Waals surface area contributed by atoms with Crippen LogP contribution in [0.4, 0.5) is 4.39 Å². The average molecular weight is 546 g/mol. The fourth-order valence-electron chi connectivity index (χ4n) is 3.04. The summed E-state index contributed by atoms with van der Waals surface area (Å²) in [4.78, 5) is 37.7. The predicted octanol–water partition coefficient (Wildman–Crippen LogP) is 2.29. The van der Waals surface area contributed by atoms with Gasteiger partial charge in [-0.25, -0.2) is 13.8 Å². The topological polar surface area (TPSA) is 158 Å². The molecule has 206 valence electrons. The molecule has 2 aromatic rings. The van der Waals surface area contributed by atoms with Crippen molar-refractivity contribution in [3.63, 3.8) is 0 Å². The highest BCUT2D eigenvalue weighted by Crippen LogP contribution is 2.45. The third kappa shape index (κ3) is 9.52. The Labute approximate surface area is 213 Å². The molecule has 0 radical (unpaired) electrons. The lowest BCUT2D eigenvalue weighted by Crippen LogP contribution is -2.41. The summed E-state index contributed by atoms with van der Waals surface area (Å²) in [5.41, 5.74) is -1.60. The maximum absolute atomic E-state index is 13.8. The molecule has 1 unspecified atom stereocenters. The van der Waals surface area contributed by atoms with E-state index in [0.717, 1.165) is 16.8 Å². The number of benzene rings is 1. The van der Waals surface area contributed by atoms with Gasteiger partial charge in [-0.1, -0.05) is 25.1 Å². The van der Waals surface area contributed by atoms with Gasteiger partial charge in [0.2, 0.25) is 0 Å². The van der Waals surface area contributed by atoms with Crippen LogP contribution in [0.2, 0.25) is 0 Å². The van der Waals surface area contributed by atoms with Crippen LogP contribution in [0.3, 0.4) is 0 Å². The van der Waals surface area contributed by atoms with Crippen LogP contribution in [0.25, 0.3) is 0 Å². The molecule has 0 aliphatic heterocycles. The van der Waals surface area contributed by atoms with Crippen LogP contribution < -0.4 is 20.9 Å². The van der Waals surface area contributed by atoms with Gasteiger partial charge in [0, 0.05) is 12.3 Å². The van der Waals surface area contributed by atoms with Gasteiger partial charge in [0.15, 0.2) is 6.23 Å². The van der Waals surface area contributed by atoms with Crippen molar-refractivity contribution in [2.24, 2.45) is 0 Å². The Balaban J connectivity index is 2.27. The van der Waals surface area contributed by atoms with E-state index >= 15 is 0 Å². The van der Waals surface area contributed by atoms with E-state index in [1.165, 1.54) is 19.1 Å². The Bertz CT molecular complexity index is 1160. The first-order valence-electron chi connectivity index (χ1n) is 11.7. The lowest BCUT2D eigenvalue weighted by molar-refractivity contribution is -0.149. The fourth-order valence-corrected chi connectivity index (χ4v) is 4.54. The molecule has 2 rings (SSSR count). The van der Waals surface area contributed by atoms with Crippen molar-refractivity contribution in [2.75, 3.05) is 13.3 Å². The molecule has 0 aliphatic rings. The van der Waals surface area contributed by atoms with Gasteiger partial charge in [0.25, 0.3) is 5.56 Å². The van der Waals surface area contributed by atoms with E-state index in [0.29, 0.717) is 0 Å². The molecule has 14 heteroatoms. The van der Waals surface area contributed by atoms with Crippen molar-refractivity contribution in [1.29, 1.82) is 0 Å². The summed E-state index contributed by atoms with van der Waals surface area (Å²) in [7, 11) is -4.29. The Morgan fingerprint density at radius 2 is 1.86 bits per heavy atom. The van der Waals surface area contributed by atoms with Gasteiger partial charge in [-0.2, -0.15) is 5.09 Å². The molecule has 1 aromatic heterocycles. The van der Waals surface area contributed by atoms with E-state index in [4.69, 9.17) is 18.5 Å². The van der Waals surface area contributed by atoms with Gasteiger partial charge in [0.05, 0.1) is 18.8 Å². The predicted molar refractivity (Wildman–Crippen MR) is 132 cm³/mol. The molecule has 0 saturated heterocycles. The second-order valence-electron chi connectivity index (χ2n) is 8.31. The first kappa shape index (κ1) is 30.4. The smallest absolute Gasteiger partial charge is 0.459 e. The minimum absolute atomic E-state index is 0.141. The molecule has 0 fully saturated rings. The third-order valence-electron chi connectivity index (χ3n) is 4.91. The molecule has 1 heterocycles. The molecular weight excluding hydrogens is 512 g/mol. The zero-order valence-corrected chi connectivity index (χ0v) is 21.9. The van der Waals surface area contributed by atoms with Crippen LogP contribution in [-0.4, -0.2) is 58.3 Å². The minimum Gasteiger partial charge on any atom is -0.462 e. The second kappa shape index (κ2) is 14.2. The second-order valence-corrected chi connectivity index (χ2v) is 10.0. The van der Waals surface area contributed by atoms with Crippen molar-refractivity contribution in [1.82, 2.24) is 14.6 Å². The summed E-state index contributed by atoms with van der Waals surface area (Å²) < 4.78 is 50.1. The van der Waals surface area contributed by atoms with Gasteiger partial charge in [0.1, 0.15) is 24.6 Å². The number of aliphatic hydroxyl groups is 1. The third-order valence-corrected chi connectivity index (χ3v) is 6.55. The summed E-state index contributed by atoms with van der Waals surface area (Å²) in [6, 6.07) is 7.93. The molecule has 1 aromatic carbocycles. The van der Waals surface area contributed by atoms with Crippen molar-refractivity contribution in [3.8, 4) is 5.75 Å². The highest BCUT2D eigenvalue weighted by atomic mass is 31.2. The first-order chi connectivity index (χ1) is 17.5. The number of rotatable bonds is 15. The number of halogens is 1. The zero-order chi connectivity index (χ0) is 27.6. The Morgan fingerprint density at radius 3 is 2.43 bits per heavy atom. The molecule has 0 bridgehead atoms. The summed E-state index contributed by atoms with van der Waals surface area (Å²) in [6.07, 6.45) is -3.26. The maximum atomic E-state index is 13.8. The van der Waals surface area contributed by atoms with E-state index in [2.05, 4.69) is 5.09 Å². The van der Waals surface area contributed by atoms with Gasteiger partial charge in [-0.05, 0) is 39.3 Å². The number of H-pyrrole nitrogens is 1. The Kier molecular flexibility index (Phi) is 11.7. The number of alkyl halides is 1.